The summed E-state index contributed by atoms with van der Waals surface area (Å²) < 4.78 is 52.4. The highest BCUT2D eigenvalue weighted by molar-refractivity contribution is 5.78. The maximum atomic E-state index is 14.4. The van der Waals surface area contributed by atoms with Gasteiger partial charge in [-0.3, -0.25) is 19.2 Å². The molecular weight excluding hydrogens is 485 g/mol. The lowest BCUT2D eigenvalue weighted by atomic mass is 9.84. The number of benzene rings is 2. The summed E-state index contributed by atoms with van der Waals surface area (Å²) in [6.07, 6.45) is 1.02. The van der Waals surface area contributed by atoms with Crippen molar-refractivity contribution in [3.63, 3.8) is 0 Å². The minimum Gasteiger partial charge on any atom is -0.496 e. The number of nitrogens with zero attached hydrogens (tertiary/aromatic N) is 2. The summed E-state index contributed by atoms with van der Waals surface area (Å²) in [6, 6.07) is 8.91. The van der Waals surface area contributed by atoms with Crippen LogP contribution in [0.4, 0.5) is 18.9 Å². The average Bonchev–Trinajstić information content (AvgIpc) is 3.21. The van der Waals surface area contributed by atoms with Crippen molar-refractivity contribution in [1.82, 2.24) is 14.8 Å². The SMILES string of the molecule is COc1cc(NC2CN(CCCF)C2)ccc1[C@@H]1c2ccc3[nH]c(=O)oc3c2C[C@@H](C)N1CC(C)(F)F. The average molecular weight is 519 g/mol. The molecule has 2 N–H and O–H groups in total. The molecule has 0 bridgehead atoms. The van der Waals surface area contributed by atoms with Crippen molar-refractivity contribution in [2.75, 3.05) is 45.3 Å². The Morgan fingerprint density at radius 2 is 1.97 bits per heavy atom. The summed E-state index contributed by atoms with van der Waals surface area (Å²) in [6.45, 7) is 4.55. The highest BCUT2D eigenvalue weighted by Crippen LogP contribution is 2.44. The molecule has 0 unspecified atom stereocenters. The molecule has 0 aliphatic carbocycles. The van der Waals surface area contributed by atoms with E-state index in [1.165, 1.54) is 0 Å². The first-order valence-electron chi connectivity index (χ1n) is 12.7. The predicted octanol–water partition coefficient (Wildman–Crippen LogP) is 4.58. The molecule has 200 valence electrons. The topological polar surface area (TPSA) is 73.7 Å². The van der Waals surface area contributed by atoms with Crippen LogP contribution in [0.2, 0.25) is 0 Å². The third-order valence-electron chi connectivity index (χ3n) is 7.34. The van der Waals surface area contributed by atoms with E-state index in [-0.39, 0.29) is 18.8 Å². The third-order valence-corrected chi connectivity index (χ3v) is 7.34. The Morgan fingerprint density at radius 1 is 1.22 bits per heavy atom. The summed E-state index contributed by atoms with van der Waals surface area (Å²) >= 11 is 0. The standard InChI is InChI=1S/C27H33F3N4O3/c1-16-11-21-19(7-8-22-25(21)37-26(35)32-22)24(34(16)15-27(2,29)30)20-6-5-17(12-23(20)36-3)31-18-13-33(14-18)10-4-9-28/h5-8,12,16,18,24,31H,4,9-11,13-15H2,1-3H3,(H,32,35)/t16-,24+/m1/s1. The van der Waals surface area contributed by atoms with Gasteiger partial charge in [-0.25, -0.2) is 13.6 Å². The Balaban J connectivity index is 1.50. The van der Waals surface area contributed by atoms with Gasteiger partial charge in [-0.05, 0) is 37.5 Å². The minimum atomic E-state index is -2.90. The highest BCUT2D eigenvalue weighted by Gasteiger charge is 2.40. The fourth-order valence-electron chi connectivity index (χ4n) is 5.70. The number of rotatable bonds is 9. The molecule has 2 aliphatic heterocycles. The van der Waals surface area contributed by atoms with Crippen LogP contribution in [0.1, 0.15) is 43.0 Å². The number of halogens is 3. The zero-order valence-corrected chi connectivity index (χ0v) is 21.3. The van der Waals surface area contributed by atoms with Gasteiger partial charge < -0.3 is 14.5 Å². The van der Waals surface area contributed by atoms with Crippen LogP contribution in [0.25, 0.3) is 11.1 Å². The lowest BCUT2D eigenvalue weighted by Crippen LogP contribution is -2.54. The lowest BCUT2D eigenvalue weighted by molar-refractivity contribution is -0.0364. The second kappa shape index (κ2) is 10.1. The summed E-state index contributed by atoms with van der Waals surface area (Å²) in [5.74, 6) is -2.85. The fourth-order valence-corrected chi connectivity index (χ4v) is 5.70. The summed E-state index contributed by atoms with van der Waals surface area (Å²) in [7, 11) is 1.57. The molecule has 37 heavy (non-hydrogen) atoms. The van der Waals surface area contributed by atoms with Crippen LogP contribution in [0.5, 0.6) is 5.75 Å². The van der Waals surface area contributed by atoms with Crippen molar-refractivity contribution < 1.29 is 22.3 Å². The van der Waals surface area contributed by atoms with Crippen LogP contribution < -0.4 is 15.8 Å². The second-order valence-corrected chi connectivity index (χ2v) is 10.3. The van der Waals surface area contributed by atoms with E-state index < -0.39 is 24.3 Å². The van der Waals surface area contributed by atoms with E-state index in [0.717, 1.165) is 48.9 Å². The van der Waals surface area contributed by atoms with E-state index in [9.17, 15) is 18.0 Å². The van der Waals surface area contributed by atoms with E-state index >= 15 is 0 Å². The van der Waals surface area contributed by atoms with Gasteiger partial charge in [0.05, 0.1) is 37.9 Å². The van der Waals surface area contributed by atoms with Crippen molar-refractivity contribution in [3.05, 3.63) is 57.6 Å². The van der Waals surface area contributed by atoms with Gasteiger partial charge in [0.1, 0.15) is 5.75 Å². The molecule has 10 heteroatoms. The van der Waals surface area contributed by atoms with Crippen molar-refractivity contribution in [1.29, 1.82) is 0 Å². The Hall–Kier alpha value is -2.98. The summed E-state index contributed by atoms with van der Waals surface area (Å²) in [4.78, 5) is 18.6. The Morgan fingerprint density at radius 3 is 2.68 bits per heavy atom. The predicted molar refractivity (Wildman–Crippen MR) is 137 cm³/mol. The first-order chi connectivity index (χ1) is 17.7. The minimum absolute atomic E-state index is 0.234. The Labute approximate surface area is 213 Å². The van der Waals surface area contributed by atoms with E-state index in [1.807, 2.05) is 31.2 Å². The van der Waals surface area contributed by atoms with Crippen LogP contribution in [-0.2, 0) is 6.42 Å². The smallest absolute Gasteiger partial charge is 0.417 e. The number of aromatic nitrogens is 1. The van der Waals surface area contributed by atoms with Crippen molar-refractivity contribution in [2.24, 2.45) is 0 Å². The second-order valence-electron chi connectivity index (χ2n) is 10.3. The number of H-pyrrole nitrogens is 1. The summed E-state index contributed by atoms with van der Waals surface area (Å²) in [5.41, 5.74) is 4.37. The maximum Gasteiger partial charge on any atom is 0.417 e. The summed E-state index contributed by atoms with van der Waals surface area (Å²) in [5, 5.41) is 3.49. The zero-order valence-electron chi connectivity index (χ0n) is 21.3. The quantitative estimate of drug-likeness (QED) is 0.432. The molecule has 0 amide bonds. The van der Waals surface area contributed by atoms with Crippen LogP contribution in [0.15, 0.2) is 39.5 Å². The first kappa shape index (κ1) is 25.7. The van der Waals surface area contributed by atoms with Gasteiger partial charge in [0, 0.05) is 55.5 Å². The Kier molecular flexibility index (Phi) is 6.97. The number of likely N-dealkylation sites (tertiary alicyclic amines) is 1. The molecule has 0 spiro atoms. The largest absolute Gasteiger partial charge is 0.496 e. The molecule has 3 aromatic rings. The van der Waals surface area contributed by atoms with E-state index in [1.54, 1.807) is 18.1 Å². The lowest BCUT2D eigenvalue weighted by Gasteiger charge is -2.43. The van der Waals surface area contributed by atoms with Gasteiger partial charge in [0.15, 0.2) is 5.58 Å². The number of fused-ring (bicyclic) bond motifs is 3. The van der Waals surface area contributed by atoms with Gasteiger partial charge in [-0.2, -0.15) is 0 Å². The number of methoxy groups -OCH3 is 1. The number of ether oxygens (including phenoxy) is 1. The molecule has 3 heterocycles. The van der Waals surface area contributed by atoms with Gasteiger partial charge >= 0.3 is 5.76 Å². The van der Waals surface area contributed by atoms with Crippen molar-refractivity contribution >= 4 is 16.8 Å². The number of hydrogen-bond acceptors (Lipinski definition) is 6. The van der Waals surface area contributed by atoms with Gasteiger partial charge in [0.2, 0.25) is 0 Å². The van der Waals surface area contributed by atoms with E-state index in [4.69, 9.17) is 9.15 Å². The molecule has 1 fully saturated rings. The van der Waals surface area contributed by atoms with Crippen LogP contribution in [-0.4, -0.2) is 72.8 Å². The fraction of sp³-hybridized carbons (Fsp3) is 0.519. The normalized spacial score (nSPS) is 21.1. The van der Waals surface area contributed by atoms with Crippen LogP contribution >= 0.6 is 0 Å². The van der Waals surface area contributed by atoms with Gasteiger partial charge in [0.25, 0.3) is 5.92 Å². The maximum absolute atomic E-state index is 14.4. The molecule has 2 aliphatic rings. The van der Waals surface area contributed by atoms with E-state index in [2.05, 4.69) is 15.2 Å². The van der Waals surface area contributed by atoms with Crippen molar-refractivity contribution in [3.8, 4) is 5.75 Å². The number of oxazole rings is 1. The number of anilines is 1. The third kappa shape index (κ3) is 5.22. The van der Waals surface area contributed by atoms with Crippen LogP contribution in [0, 0.1) is 0 Å². The molecule has 7 nitrogen and oxygen atoms in total. The number of aromatic amines is 1. The number of alkyl halides is 3. The van der Waals surface area contributed by atoms with Crippen LogP contribution in [0.3, 0.4) is 0 Å². The molecule has 0 saturated carbocycles. The first-order valence-corrected chi connectivity index (χ1v) is 12.7. The molecule has 5 rings (SSSR count). The molecule has 0 radical (unpaired) electrons. The Bertz CT molecular complexity index is 1310. The number of nitrogens with one attached hydrogen (secondary N) is 2. The molecular formula is C27H33F3N4O3. The van der Waals surface area contributed by atoms with E-state index in [0.29, 0.717) is 29.7 Å². The molecule has 1 saturated heterocycles. The zero-order chi connectivity index (χ0) is 26.3. The van der Waals surface area contributed by atoms with Gasteiger partial charge in [-0.15, -0.1) is 0 Å². The molecule has 2 atom stereocenters. The monoisotopic (exact) mass is 518 g/mol. The molecule has 1 aromatic heterocycles. The van der Waals surface area contributed by atoms with Gasteiger partial charge in [-0.1, -0.05) is 12.1 Å². The van der Waals surface area contributed by atoms with Crippen molar-refractivity contribution in [2.45, 2.75) is 50.7 Å². The molecule has 2 aromatic carbocycles. The number of hydrogen-bond donors (Lipinski definition) is 2. The highest BCUT2D eigenvalue weighted by atomic mass is 19.3.